The Bertz CT molecular complexity index is 213. The maximum atomic E-state index is 3.75. The van der Waals surface area contributed by atoms with Crippen LogP contribution in [0.2, 0.25) is 0 Å². The zero-order valence-corrected chi connectivity index (χ0v) is 11.8. The SMILES string of the molecule is CCC1CCN(CCCC2CC2)CCC(C)N1. The molecule has 2 atom stereocenters. The fourth-order valence-electron chi connectivity index (χ4n) is 2.95. The Morgan fingerprint density at radius 2 is 1.88 bits per heavy atom. The largest absolute Gasteiger partial charge is 0.311 e. The van der Waals surface area contributed by atoms with E-state index < -0.39 is 0 Å². The van der Waals surface area contributed by atoms with Crippen molar-refractivity contribution in [3.8, 4) is 0 Å². The summed E-state index contributed by atoms with van der Waals surface area (Å²) >= 11 is 0. The fraction of sp³-hybridized carbons (Fsp3) is 1.00. The van der Waals surface area contributed by atoms with Crippen molar-refractivity contribution in [1.29, 1.82) is 0 Å². The quantitative estimate of drug-likeness (QED) is 0.792. The Morgan fingerprint density at radius 3 is 2.59 bits per heavy atom. The fourth-order valence-corrected chi connectivity index (χ4v) is 2.95. The van der Waals surface area contributed by atoms with Crippen molar-refractivity contribution in [2.45, 2.75) is 70.9 Å². The standard InChI is InChI=1S/C15H30N2/c1-3-15-9-12-17(11-8-13(2)16-15)10-4-5-14-6-7-14/h13-16H,3-12H2,1-2H3. The van der Waals surface area contributed by atoms with Crippen LogP contribution >= 0.6 is 0 Å². The zero-order chi connectivity index (χ0) is 12.1. The lowest BCUT2D eigenvalue weighted by atomic mass is 10.1. The molecule has 0 spiro atoms. The third-order valence-electron chi connectivity index (χ3n) is 4.47. The van der Waals surface area contributed by atoms with Gasteiger partial charge >= 0.3 is 0 Å². The normalized spacial score (nSPS) is 32.1. The van der Waals surface area contributed by atoms with Gasteiger partial charge in [0.2, 0.25) is 0 Å². The van der Waals surface area contributed by atoms with Crippen molar-refractivity contribution in [2.75, 3.05) is 19.6 Å². The van der Waals surface area contributed by atoms with Gasteiger partial charge < -0.3 is 10.2 Å². The molecule has 1 aliphatic carbocycles. The van der Waals surface area contributed by atoms with E-state index in [2.05, 4.69) is 24.1 Å². The van der Waals surface area contributed by atoms with Crippen LogP contribution in [-0.2, 0) is 0 Å². The Morgan fingerprint density at radius 1 is 1.12 bits per heavy atom. The highest BCUT2D eigenvalue weighted by atomic mass is 15.1. The van der Waals surface area contributed by atoms with Crippen molar-refractivity contribution in [3.63, 3.8) is 0 Å². The molecule has 1 saturated heterocycles. The molecule has 1 N–H and O–H groups in total. The van der Waals surface area contributed by atoms with Gasteiger partial charge in [0.1, 0.15) is 0 Å². The number of hydrogen-bond acceptors (Lipinski definition) is 2. The van der Waals surface area contributed by atoms with Gasteiger partial charge in [-0.25, -0.2) is 0 Å². The minimum Gasteiger partial charge on any atom is -0.311 e. The predicted octanol–water partition coefficient (Wildman–Crippen LogP) is 3.03. The average molecular weight is 238 g/mol. The van der Waals surface area contributed by atoms with E-state index in [4.69, 9.17) is 0 Å². The first-order valence-corrected chi connectivity index (χ1v) is 7.76. The molecule has 2 nitrogen and oxygen atoms in total. The minimum absolute atomic E-state index is 0.700. The zero-order valence-electron chi connectivity index (χ0n) is 11.8. The lowest BCUT2D eigenvalue weighted by Gasteiger charge is -2.32. The van der Waals surface area contributed by atoms with Crippen molar-refractivity contribution in [1.82, 2.24) is 10.2 Å². The second-order valence-corrected chi connectivity index (χ2v) is 6.18. The number of hydrogen-bond donors (Lipinski definition) is 1. The molecule has 0 radical (unpaired) electrons. The third-order valence-corrected chi connectivity index (χ3v) is 4.47. The number of rotatable bonds is 5. The molecular formula is C15H30N2. The van der Waals surface area contributed by atoms with Crippen LogP contribution < -0.4 is 5.32 Å². The Hall–Kier alpha value is -0.0800. The van der Waals surface area contributed by atoms with Crippen LogP contribution in [-0.4, -0.2) is 36.6 Å². The highest BCUT2D eigenvalue weighted by Gasteiger charge is 2.21. The van der Waals surface area contributed by atoms with E-state index in [0.717, 1.165) is 12.0 Å². The van der Waals surface area contributed by atoms with Crippen molar-refractivity contribution in [2.24, 2.45) is 5.92 Å². The van der Waals surface area contributed by atoms with Crippen LogP contribution in [0.1, 0.15) is 58.8 Å². The molecule has 100 valence electrons. The summed E-state index contributed by atoms with van der Waals surface area (Å²) in [4.78, 5) is 2.71. The molecule has 2 fully saturated rings. The maximum Gasteiger partial charge on any atom is 0.00790 e. The maximum absolute atomic E-state index is 3.75. The molecule has 0 bridgehead atoms. The number of nitrogens with one attached hydrogen (secondary N) is 1. The first-order chi connectivity index (χ1) is 8.28. The third kappa shape index (κ3) is 4.97. The van der Waals surface area contributed by atoms with E-state index in [1.807, 2.05) is 0 Å². The van der Waals surface area contributed by atoms with Gasteiger partial charge in [0.05, 0.1) is 0 Å². The molecular weight excluding hydrogens is 208 g/mol. The predicted molar refractivity (Wildman–Crippen MR) is 74.3 cm³/mol. The van der Waals surface area contributed by atoms with Crippen LogP contribution in [0.3, 0.4) is 0 Å². The lowest BCUT2D eigenvalue weighted by molar-refractivity contribution is 0.208. The van der Waals surface area contributed by atoms with Gasteiger partial charge in [-0.05, 0) is 64.6 Å². The van der Waals surface area contributed by atoms with E-state index in [1.165, 1.54) is 64.6 Å². The van der Waals surface area contributed by atoms with E-state index in [1.54, 1.807) is 0 Å². The van der Waals surface area contributed by atoms with Gasteiger partial charge in [-0.15, -0.1) is 0 Å². The molecule has 2 aliphatic rings. The molecule has 2 heteroatoms. The summed E-state index contributed by atoms with van der Waals surface area (Å²) in [7, 11) is 0. The molecule has 1 heterocycles. The van der Waals surface area contributed by atoms with Gasteiger partial charge in [0.15, 0.2) is 0 Å². The Balaban J connectivity index is 1.68. The molecule has 0 amide bonds. The van der Waals surface area contributed by atoms with Gasteiger partial charge in [-0.2, -0.15) is 0 Å². The highest BCUT2D eigenvalue weighted by molar-refractivity contribution is 4.78. The first-order valence-electron chi connectivity index (χ1n) is 7.76. The van der Waals surface area contributed by atoms with Gasteiger partial charge in [-0.3, -0.25) is 0 Å². The van der Waals surface area contributed by atoms with E-state index in [-0.39, 0.29) is 0 Å². The summed E-state index contributed by atoms with van der Waals surface area (Å²) in [6.45, 7) is 8.61. The van der Waals surface area contributed by atoms with Gasteiger partial charge in [0, 0.05) is 12.1 Å². The minimum atomic E-state index is 0.700. The molecule has 2 rings (SSSR count). The van der Waals surface area contributed by atoms with Gasteiger partial charge in [0.25, 0.3) is 0 Å². The molecule has 1 aliphatic heterocycles. The summed E-state index contributed by atoms with van der Waals surface area (Å²) in [5, 5.41) is 3.75. The van der Waals surface area contributed by atoms with Crippen LogP contribution in [0.4, 0.5) is 0 Å². The van der Waals surface area contributed by atoms with Crippen molar-refractivity contribution >= 4 is 0 Å². The summed E-state index contributed by atoms with van der Waals surface area (Å²) in [5.74, 6) is 1.11. The van der Waals surface area contributed by atoms with Crippen LogP contribution in [0, 0.1) is 5.92 Å². The van der Waals surface area contributed by atoms with E-state index in [9.17, 15) is 0 Å². The van der Waals surface area contributed by atoms with Crippen LogP contribution in [0.25, 0.3) is 0 Å². The lowest BCUT2D eigenvalue weighted by Crippen LogP contribution is -2.44. The molecule has 0 aromatic rings. The van der Waals surface area contributed by atoms with E-state index in [0.29, 0.717) is 6.04 Å². The molecule has 0 aromatic carbocycles. The van der Waals surface area contributed by atoms with Gasteiger partial charge in [-0.1, -0.05) is 19.8 Å². The average Bonchev–Trinajstić information content (AvgIpc) is 3.11. The van der Waals surface area contributed by atoms with Crippen LogP contribution in [0.15, 0.2) is 0 Å². The number of nitrogens with zero attached hydrogens (tertiary/aromatic N) is 1. The van der Waals surface area contributed by atoms with Crippen LogP contribution in [0.5, 0.6) is 0 Å². The molecule has 17 heavy (non-hydrogen) atoms. The molecule has 1 saturated carbocycles. The second-order valence-electron chi connectivity index (χ2n) is 6.18. The summed E-state index contributed by atoms with van der Waals surface area (Å²) in [6.07, 6.45) is 9.88. The second kappa shape index (κ2) is 6.75. The smallest absolute Gasteiger partial charge is 0.00790 e. The Kier molecular flexibility index (Phi) is 5.30. The van der Waals surface area contributed by atoms with Crippen molar-refractivity contribution in [3.05, 3.63) is 0 Å². The summed E-state index contributed by atoms with van der Waals surface area (Å²) in [5.41, 5.74) is 0. The monoisotopic (exact) mass is 238 g/mol. The van der Waals surface area contributed by atoms with E-state index >= 15 is 0 Å². The highest BCUT2D eigenvalue weighted by Crippen LogP contribution is 2.33. The summed E-state index contributed by atoms with van der Waals surface area (Å²) in [6, 6.07) is 1.45. The molecule has 2 unspecified atom stereocenters. The van der Waals surface area contributed by atoms with Crippen molar-refractivity contribution < 1.29 is 0 Å². The topological polar surface area (TPSA) is 15.3 Å². The molecule has 0 aromatic heterocycles. The first kappa shape index (κ1) is 13.4. The Labute approximate surface area is 107 Å². The summed E-state index contributed by atoms with van der Waals surface area (Å²) < 4.78 is 0.